The molecule has 4 atom stereocenters. The van der Waals surface area contributed by atoms with Crippen molar-refractivity contribution in [3.05, 3.63) is 142 Å². The maximum absolute atomic E-state index is 14.6. The lowest BCUT2D eigenvalue weighted by Crippen LogP contribution is -2.47. The van der Waals surface area contributed by atoms with Crippen LogP contribution < -0.4 is 0 Å². The predicted molar refractivity (Wildman–Crippen MR) is 139 cm³/mol. The third kappa shape index (κ3) is 4.94. The number of benzene rings is 4. The Labute approximate surface area is 219 Å². The van der Waals surface area contributed by atoms with E-state index in [4.69, 9.17) is 9.47 Å². The van der Waals surface area contributed by atoms with E-state index in [0.29, 0.717) is 22.3 Å². The van der Waals surface area contributed by atoms with E-state index in [0.717, 1.165) is 11.1 Å². The zero-order valence-corrected chi connectivity index (χ0v) is 20.9. The molecule has 5 rings (SSSR count). The number of carbonyl (C=O) groups excluding carboxylic acids is 2. The Morgan fingerprint density at radius 1 is 0.632 bits per heavy atom. The second-order valence-electron chi connectivity index (χ2n) is 9.51. The van der Waals surface area contributed by atoms with Crippen LogP contribution in [0.1, 0.15) is 61.7 Å². The fourth-order valence-electron chi connectivity index (χ4n) is 5.18. The molecule has 0 spiro atoms. The first-order valence-corrected chi connectivity index (χ1v) is 12.4. The van der Waals surface area contributed by atoms with Crippen molar-refractivity contribution in [2.45, 2.75) is 37.9 Å². The SMILES string of the molecule is Cc1ccc(F)cc1[C@H]1c2cc(F)ccc2C(C)C(OC(=O)c2ccccc2)C1OC(=O)c1ccccc1. The largest absolute Gasteiger partial charge is 0.454 e. The molecule has 0 aromatic heterocycles. The van der Waals surface area contributed by atoms with Crippen LogP contribution in [0.4, 0.5) is 8.78 Å². The van der Waals surface area contributed by atoms with Crippen LogP contribution in [0.15, 0.2) is 97.1 Å². The third-order valence-corrected chi connectivity index (χ3v) is 7.10. The van der Waals surface area contributed by atoms with Gasteiger partial charge in [-0.2, -0.15) is 0 Å². The summed E-state index contributed by atoms with van der Waals surface area (Å²) in [6.07, 6.45) is -1.99. The molecular weight excluding hydrogens is 486 g/mol. The molecule has 6 heteroatoms. The van der Waals surface area contributed by atoms with E-state index in [9.17, 15) is 18.4 Å². The molecule has 0 saturated heterocycles. The number of ether oxygens (including phenoxy) is 2. The second kappa shape index (κ2) is 10.6. The Bertz CT molecular complexity index is 1470. The maximum atomic E-state index is 14.6. The van der Waals surface area contributed by atoms with Gasteiger partial charge >= 0.3 is 11.9 Å². The van der Waals surface area contributed by atoms with Crippen LogP contribution >= 0.6 is 0 Å². The van der Waals surface area contributed by atoms with Gasteiger partial charge in [-0.1, -0.05) is 55.5 Å². The van der Waals surface area contributed by atoms with Crippen LogP contribution in [-0.4, -0.2) is 24.1 Å². The standard InChI is InChI=1S/C32H26F2O4/c1-19-13-14-23(33)17-26(19)28-27-18-24(34)15-16-25(27)20(2)29(37-31(35)21-9-5-3-6-10-21)30(28)38-32(36)22-11-7-4-8-12-22/h3-18,20,28-30H,1-2H3/t20?,28-,29?,30?/m0/s1. The van der Waals surface area contributed by atoms with Crippen LogP contribution in [0.25, 0.3) is 0 Å². The number of halogens is 2. The molecule has 0 amide bonds. The van der Waals surface area contributed by atoms with Crippen LogP contribution in [0.2, 0.25) is 0 Å². The Balaban J connectivity index is 1.66. The van der Waals surface area contributed by atoms with Crippen molar-refractivity contribution in [2.24, 2.45) is 0 Å². The molecule has 0 fully saturated rings. The lowest BCUT2D eigenvalue weighted by Gasteiger charge is -2.42. The fourth-order valence-corrected chi connectivity index (χ4v) is 5.18. The minimum Gasteiger partial charge on any atom is -0.454 e. The van der Waals surface area contributed by atoms with E-state index in [-0.39, 0.29) is 0 Å². The number of hydrogen-bond acceptors (Lipinski definition) is 4. The van der Waals surface area contributed by atoms with E-state index in [1.807, 2.05) is 13.8 Å². The molecule has 1 aliphatic rings. The monoisotopic (exact) mass is 512 g/mol. The highest BCUT2D eigenvalue weighted by Crippen LogP contribution is 2.46. The van der Waals surface area contributed by atoms with Gasteiger partial charge in [0.05, 0.1) is 17.0 Å². The number of hydrogen-bond donors (Lipinski definition) is 0. The molecule has 192 valence electrons. The predicted octanol–water partition coefficient (Wildman–Crippen LogP) is 6.97. The van der Waals surface area contributed by atoms with Gasteiger partial charge in [-0.25, -0.2) is 18.4 Å². The first kappa shape index (κ1) is 25.3. The molecule has 4 aromatic rings. The zero-order valence-electron chi connectivity index (χ0n) is 20.9. The van der Waals surface area contributed by atoms with Crippen molar-refractivity contribution in [3.63, 3.8) is 0 Å². The van der Waals surface area contributed by atoms with Crippen molar-refractivity contribution in [1.82, 2.24) is 0 Å². The topological polar surface area (TPSA) is 52.6 Å². The quantitative estimate of drug-likeness (QED) is 0.271. The Hall–Kier alpha value is -4.32. The van der Waals surface area contributed by atoms with E-state index < -0.39 is 47.6 Å². The van der Waals surface area contributed by atoms with E-state index >= 15 is 0 Å². The fraction of sp³-hybridized carbons (Fsp3) is 0.188. The summed E-state index contributed by atoms with van der Waals surface area (Å²) in [5, 5.41) is 0. The average molecular weight is 513 g/mol. The van der Waals surface area contributed by atoms with Gasteiger partial charge in [0.25, 0.3) is 0 Å². The number of esters is 2. The first-order valence-electron chi connectivity index (χ1n) is 12.4. The third-order valence-electron chi connectivity index (χ3n) is 7.10. The average Bonchev–Trinajstić information content (AvgIpc) is 2.93. The number of aryl methyl sites for hydroxylation is 1. The molecule has 0 heterocycles. The van der Waals surface area contributed by atoms with E-state index in [1.54, 1.807) is 72.8 Å². The molecule has 4 aromatic carbocycles. The molecule has 3 unspecified atom stereocenters. The molecule has 0 bridgehead atoms. The Kier molecular flexibility index (Phi) is 7.05. The smallest absolute Gasteiger partial charge is 0.338 e. The lowest BCUT2D eigenvalue weighted by molar-refractivity contribution is -0.0533. The van der Waals surface area contributed by atoms with Crippen molar-refractivity contribution >= 4 is 11.9 Å². The summed E-state index contributed by atoms with van der Waals surface area (Å²) in [4.78, 5) is 26.5. The van der Waals surface area contributed by atoms with Gasteiger partial charge in [-0.3, -0.25) is 0 Å². The lowest BCUT2D eigenvalue weighted by atomic mass is 9.70. The van der Waals surface area contributed by atoms with Crippen LogP contribution in [0.3, 0.4) is 0 Å². The molecule has 4 nitrogen and oxygen atoms in total. The highest BCUT2D eigenvalue weighted by molar-refractivity contribution is 5.90. The van der Waals surface area contributed by atoms with Crippen molar-refractivity contribution in [1.29, 1.82) is 0 Å². The summed E-state index contributed by atoms with van der Waals surface area (Å²) in [5.74, 6) is -3.38. The van der Waals surface area contributed by atoms with E-state index in [2.05, 4.69) is 0 Å². The summed E-state index contributed by atoms with van der Waals surface area (Å²) in [6.45, 7) is 3.66. The van der Waals surface area contributed by atoms with Crippen LogP contribution in [0, 0.1) is 18.6 Å². The van der Waals surface area contributed by atoms with E-state index in [1.165, 1.54) is 24.3 Å². The molecule has 0 N–H and O–H groups in total. The van der Waals surface area contributed by atoms with Gasteiger partial charge in [0.15, 0.2) is 6.10 Å². The summed E-state index contributed by atoms with van der Waals surface area (Å²) >= 11 is 0. The van der Waals surface area contributed by atoms with Crippen molar-refractivity contribution in [2.75, 3.05) is 0 Å². The van der Waals surface area contributed by atoms with Gasteiger partial charge in [0, 0.05) is 5.92 Å². The molecule has 0 aliphatic heterocycles. The Morgan fingerprint density at radius 3 is 1.71 bits per heavy atom. The van der Waals surface area contributed by atoms with Crippen molar-refractivity contribution in [3.8, 4) is 0 Å². The minimum atomic E-state index is -1.06. The van der Waals surface area contributed by atoms with Crippen LogP contribution in [-0.2, 0) is 9.47 Å². The normalized spacial score (nSPS) is 20.3. The molecule has 1 aliphatic carbocycles. The van der Waals surface area contributed by atoms with Crippen LogP contribution in [0.5, 0.6) is 0 Å². The number of fused-ring (bicyclic) bond motifs is 1. The number of carbonyl (C=O) groups is 2. The van der Waals surface area contributed by atoms with Gasteiger partial charge < -0.3 is 9.47 Å². The Morgan fingerprint density at radius 2 is 1.13 bits per heavy atom. The van der Waals surface area contributed by atoms with Gasteiger partial charge in [-0.05, 0) is 77.7 Å². The first-order chi connectivity index (χ1) is 18.3. The van der Waals surface area contributed by atoms with Gasteiger partial charge in [0.1, 0.15) is 17.7 Å². The maximum Gasteiger partial charge on any atom is 0.338 e. The van der Waals surface area contributed by atoms with Gasteiger partial charge in [0.2, 0.25) is 0 Å². The summed E-state index contributed by atoms with van der Waals surface area (Å²) in [5.41, 5.74) is 3.21. The molecular formula is C32H26F2O4. The second-order valence-corrected chi connectivity index (χ2v) is 9.51. The molecule has 0 saturated carbocycles. The summed E-state index contributed by atoms with van der Waals surface area (Å²) < 4.78 is 41.3. The zero-order chi connectivity index (χ0) is 26.8. The molecule has 38 heavy (non-hydrogen) atoms. The highest BCUT2D eigenvalue weighted by Gasteiger charge is 2.47. The number of rotatable bonds is 5. The van der Waals surface area contributed by atoms with Gasteiger partial charge in [-0.15, -0.1) is 0 Å². The minimum absolute atomic E-state index is 0.313. The summed E-state index contributed by atoms with van der Waals surface area (Å²) in [6, 6.07) is 25.7. The highest BCUT2D eigenvalue weighted by atomic mass is 19.1. The molecule has 0 radical (unpaired) electrons. The van der Waals surface area contributed by atoms with Crippen molar-refractivity contribution < 1.29 is 27.8 Å². The summed E-state index contributed by atoms with van der Waals surface area (Å²) in [7, 11) is 0.